The van der Waals surface area contributed by atoms with Crippen LogP contribution in [0.2, 0.25) is 0 Å². The van der Waals surface area contributed by atoms with Gasteiger partial charge in [0.15, 0.2) is 0 Å². The zero-order chi connectivity index (χ0) is 14.6. The highest BCUT2D eigenvalue weighted by Crippen LogP contribution is 2.37. The largest absolute Gasteiger partial charge is 0.481 e. The lowest BCUT2D eigenvalue weighted by Gasteiger charge is -2.31. The molecule has 2 rings (SSSR count). The summed E-state index contributed by atoms with van der Waals surface area (Å²) in [5.74, 6) is -0.660. The smallest absolute Gasteiger partial charge is 0.391 e. The molecule has 112 valence electrons. The Morgan fingerprint density at radius 1 is 1.40 bits per heavy atom. The predicted octanol–water partition coefficient (Wildman–Crippen LogP) is 3.30. The molecule has 1 aliphatic carbocycles. The highest BCUT2D eigenvalue weighted by Gasteiger charge is 2.41. The number of nitrogens with one attached hydrogen (secondary N) is 1. The summed E-state index contributed by atoms with van der Waals surface area (Å²) in [5.41, 5.74) is 0.865. The highest BCUT2D eigenvalue weighted by molar-refractivity contribution is 5.25. The van der Waals surface area contributed by atoms with Crippen LogP contribution >= 0.6 is 0 Å². The van der Waals surface area contributed by atoms with E-state index in [-0.39, 0.29) is 18.9 Å². The number of nitrogens with zero attached hydrogens (tertiary/aromatic N) is 1. The number of alkyl halides is 3. The van der Waals surface area contributed by atoms with Gasteiger partial charge in [0.05, 0.1) is 13.0 Å². The van der Waals surface area contributed by atoms with Gasteiger partial charge in [-0.25, -0.2) is 4.98 Å². The van der Waals surface area contributed by atoms with E-state index in [1.54, 1.807) is 12.3 Å². The van der Waals surface area contributed by atoms with Crippen LogP contribution in [0.3, 0.4) is 0 Å². The summed E-state index contributed by atoms with van der Waals surface area (Å²) in [6, 6.07) is 3.56. The van der Waals surface area contributed by atoms with Crippen LogP contribution in [-0.2, 0) is 6.54 Å². The van der Waals surface area contributed by atoms with Crippen molar-refractivity contribution in [1.82, 2.24) is 10.3 Å². The van der Waals surface area contributed by atoms with Gasteiger partial charge < -0.3 is 10.1 Å². The zero-order valence-corrected chi connectivity index (χ0v) is 11.4. The lowest BCUT2D eigenvalue weighted by atomic mass is 9.85. The van der Waals surface area contributed by atoms with Crippen molar-refractivity contribution in [3.63, 3.8) is 0 Å². The van der Waals surface area contributed by atoms with Gasteiger partial charge in [-0.2, -0.15) is 13.2 Å². The predicted molar refractivity (Wildman–Crippen MR) is 69.4 cm³/mol. The third kappa shape index (κ3) is 3.85. The summed E-state index contributed by atoms with van der Waals surface area (Å²) < 4.78 is 43.3. The van der Waals surface area contributed by atoms with Crippen molar-refractivity contribution in [2.45, 2.75) is 44.4 Å². The van der Waals surface area contributed by atoms with E-state index in [0.29, 0.717) is 18.8 Å². The topological polar surface area (TPSA) is 34.1 Å². The van der Waals surface area contributed by atoms with Gasteiger partial charge in [0, 0.05) is 24.3 Å². The molecule has 0 saturated heterocycles. The van der Waals surface area contributed by atoms with Crippen molar-refractivity contribution in [1.29, 1.82) is 0 Å². The van der Waals surface area contributed by atoms with Gasteiger partial charge in [-0.1, -0.05) is 12.5 Å². The van der Waals surface area contributed by atoms with E-state index in [9.17, 15) is 13.2 Å². The maximum Gasteiger partial charge on any atom is 0.391 e. The molecule has 0 radical (unpaired) electrons. The molecular formula is C14H19F3N2O. The quantitative estimate of drug-likeness (QED) is 0.923. The van der Waals surface area contributed by atoms with Crippen LogP contribution in [0.1, 0.15) is 31.2 Å². The van der Waals surface area contributed by atoms with Gasteiger partial charge in [-0.05, 0) is 25.3 Å². The minimum Gasteiger partial charge on any atom is -0.481 e. The Labute approximate surface area is 116 Å². The number of rotatable bonds is 4. The number of pyridine rings is 1. The minimum absolute atomic E-state index is 0.0970. The molecule has 3 nitrogen and oxygen atoms in total. The minimum atomic E-state index is -4.08. The fourth-order valence-electron chi connectivity index (χ4n) is 2.67. The third-order valence-electron chi connectivity index (χ3n) is 3.76. The molecule has 0 spiro atoms. The van der Waals surface area contributed by atoms with E-state index in [0.717, 1.165) is 12.0 Å². The number of hydrogen-bond donors (Lipinski definition) is 1. The van der Waals surface area contributed by atoms with E-state index in [1.165, 1.54) is 7.11 Å². The lowest BCUT2D eigenvalue weighted by molar-refractivity contribution is -0.183. The summed E-state index contributed by atoms with van der Waals surface area (Å²) in [6.07, 6.45) is -0.639. The molecule has 1 aromatic rings. The maximum absolute atomic E-state index is 12.7. The third-order valence-corrected chi connectivity index (χ3v) is 3.76. The van der Waals surface area contributed by atoms with Crippen molar-refractivity contribution < 1.29 is 17.9 Å². The van der Waals surface area contributed by atoms with Gasteiger partial charge in [-0.3, -0.25) is 0 Å². The SMILES string of the molecule is COc1ncccc1CNC1CCCC(C(F)(F)F)C1. The van der Waals surface area contributed by atoms with E-state index >= 15 is 0 Å². The van der Waals surface area contributed by atoms with Gasteiger partial charge in [0.2, 0.25) is 5.88 Å². The van der Waals surface area contributed by atoms with Crippen LogP contribution in [0.5, 0.6) is 5.88 Å². The first-order chi connectivity index (χ1) is 9.50. The summed E-state index contributed by atoms with van der Waals surface area (Å²) in [4.78, 5) is 4.07. The molecule has 1 saturated carbocycles. The molecule has 0 bridgehead atoms. The second-order valence-electron chi connectivity index (χ2n) is 5.15. The van der Waals surface area contributed by atoms with Crippen LogP contribution in [0, 0.1) is 5.92 Å². The van der Waals surface area contributed by atoms with Gasteiger partial charge >= 0.3 is 6.18 Å². The first kappa shape index (κ1) is 15.1. The molecule has 1 aromatic heterocycles. The standard InChI is InChI=1S/C14H19F3N2O/c1-20-13-10(4-3-7-18-13)9-19-12-6-2-5-11(8-12)14(15,16)17/h3-4,7,11-12,19H,2,5-6,8-9H2,1H3. The first-order valence-corrected chi connectivity index (χ1v) is 6.78. The molecule has 2 atom stereocenters. The summed E-state index contributed by atoms with van der Waals surface area (Å²) >= 11 is 0. The first-order valence-electron chi connectivity index (χ1n) is 6.78. The number of methoxy groups -OCH3 is 1. The molecule has 1 fully saturated rings. The molecule has 0 amide bonds. The van der Waals surface area contributed by atoms with Crippen molar-refractivity contribution in [2.75, 3.05) is 7.11 Å². The van der Waals surface area contributed by atoms with E-state index in [1.807, 2.05) is 6.07 Å². The Hall–Kier alpha value is -1.30. The Morgan fingerprint density at radius 2 is 2.20 bits per heavy atom. The maximum atomic E-state index is 12.7. The van der Waals surface area contributed by atoms with Crippen molar-refractivity contribution in [3.8, 4) is 5.88 Å². The average molecular weight is 288 g/mol. The Bertz CT molecular complexity index is 437. The molecule has 1 heterocycles. The van der Waals surface area contributed by atoms with Crippen LogP contribution in [-0.4, -0.2) is 24.3 Å². The molecule has 2 unspecified atom stereocenters. The molecule has 1 N–H and O–H groups in total. The van der Waals surface area contributed by atoms with Crippen LogP contribution in [0.4, 0.5) is 13.2 Å². The molecule has 20 heavy (non-hydrogen) atoms. The van der Waals surface area contributed by atoms with Crippen molar-refractivity contribution in [3.05, 3.63) is 23.9 Å². The van der Waals surface area contributed by atoms with E-state index < -0.39 is 12.1 Å². The Morgan fingerprint density at radius 3 is 2.90 bits per heavy atom. The van der Waals surface area contributed by atoms with Crippen LogP contribution in [0.25, 0.3) is 0 Å². The van der Waals surface area contributed by atoms with Gasteiger partial charge in [0.1, 0.15) is 0 Å². The second kappa shape index (κ2) is 6.43. The monoisotopic (exact) mass is 288 g/mol. The molecule has 1 aliphatic rings. The van der Waals surface area contributed by atoms with E-state index in [2.05, 4.69) is 10.3 Å². The van der Waals surface area contributed by atoms with Crippen LogP contribution in [0.15, 0.2) is 18.3 Å². The Kier molecular flexibility index (Phi) is 4.86. The van der Waals surface area contributed by atoms with Gasteiger partial charge in [-0.15, -0.1) is 0 Å². The fraction of sp³-hybridized carbons (Fsp3) is 0.643. The van der Waals surface area contributed by atoms with Gasteiger partial charge in [0.25, 0.3) is 0 Å². The summed E-state index contributed by atoms with van der Waals surface area (Å²) in [6.45, 7) is 0.478. The normalized spacial score (nSPS) is 23.6. The molecule has 0 aromatic carbocycles. The Balaban J connectivity index is 1.90. The number of ether oxygens (including phenoxy) is 1. The number of aromatic nitrogens is 1. The second-order valence-corrected chi connectivity index (χ2v) is 5.15. The average Bonchev–Trinajstić information content (AvgIpc) is 2.45. The zero-order valence-electron chi connectivity index (χ0n) is 11.4. The summed E-state index contributed by atoms with van der Waals surface area (Å²) in [7, 11) is 1.53. The van der Waals surface area contributed by atoms with Crippen molar-refractivity contribution in [2.24, 2.45) is 5.92 Å². The van der Waals surface area contributed by atoms with E-state index in [4.69, 9.17) is 4.74 Å². The lowest BCUT2D eigenvalue weighted by Crippen LogP contribution is -2.38. The molecular weight excluding hydrogens is 269 g/mol. The summed E-state index contributed by atoms with van der Waals surface area (Å²) in [5, 5.41) is 3.19. The molecule has 0 aliphatic heterocycles. The number of halogens is 3. The highest BCUT2D eigenvalue weighted by atomic mass is 19.4. The van der Waals surface area contributed by atoms with Crippen molar-refractivity contribution >= 4 is 0 Å². The van der Waals surface area contributed by atoms with Crippen LogP contribution < -0.4 is 10.1 Å². The fourth-order valence-corrected chi connectivity index (χ4v) is 2.67. The number of hydrogen-bond acceptors (Lipinski definition) is 3. The molecule has 6 heteroatoms.